The molecule has 1 aromatic rings. The predicted molar refractivity (Wildman–Crippen MR) is 81.6 cm³/mol. The third kappa shape index (κ3) is 4.42. The summed E-state index contributed by atoms with van der Waals surface area (Å²) in [7, 11) is -1.35. The van der Waals surface area contributed by atoms with Crippen molar-refractivity contribution in [1.82, 2.24) is 4.72 Å². The predicted octanol–water partition coefficient (Wildman–Crippen LogP) is 2.65. The van der Waals surface area contributed by atoms with Gasteiger partial charge in [-0.15, -0.1) is 0 Å². The standard InChI is InChI=1S/C15H23NO3S/c1-6-19-14(17)13(16-20(18)15(3,4)5)12-10-8-7-9-11(12)2/h7-10,13,16H,6H2,1-5H3/t13-,20-/m1/s1. The van der Waals surface area contributed by atoms with Gasteiger partial charge in [-0.25, -0.2) is 13.7 Å². The Morgan fingerprint density at radius 3 is 2.45 bits per heavy atom. The summed E-state index contributed by atoms with van der Waals surface area (Å²) in [6.45, 7) is 9.55. The highest BCUT2D eigenvalue weighted by Gasteiger charge is 2.29. The van der Waals surface area contributed by atoms with Gasteiger partial charge >= 0.3 is 5.97 Å². The molecular formula is C15H23NO3S. The third-order valence-corrected chi connectivity index (χ3v) is 4.36. The summed E-state index contributed by atoms with van der Waals surface area (Å²) in [5, 5.41) is 0. The zero-order valence-electron chi connectivity index (χ0n) is 12.7. The molecule has 2 atom stereocenters. The first-order chi connectivity index (χ1) is 9.27. The van der Waals surface area contributed by atoms with Gasteiger partial charge in [0.2, 0.25) is 0 Å². The summed E-state index contributed by atoms with van der Waals surface area (Å²) >= 11 is 0. The lowest BCUT2D eigenvalue weighted by atomic mass is 10.0. The van der Waals surface area contributed by atoms with Gasteiger partial charge in [-0.1, -0.05) is 24.3 Å². The summed E-state index contributed by atoms with van der Waals surface area (Å²) in [5.74, 6) is -0.403. The second-order valence-corrected chi connectivity index (χ2v) is 7.54. The van der Waals surface area contributed by atoms with Crippen molar-refractivity contribution in [3.8, 4) is 0 Å². The zero-order valence-corrected chi connectivity index (χ0v) is 13.5. The van der Waals surface area contributed by atoms with E-state index in [-0.39, 0.29) is 0 Å². The number of hydrogen-bond donors (Lipinski definition) is 1. The van der Waals surface area contributed by atoms with Gasteiger partial charge in [0.05, 0.1) is 22.3 Å². The fourth-order valence-corrected chi connectivity index (χ4v) is 2.45. The molecule has 0 heterocycles. The minimum atomic E-state index is -1.35. The number of nitrogens with one attached hydrogen (secondary N) is 1. The van der Waals surface area contributed by atoms with Gasteiger partial charge in [0, 0.05) is 0 Å². The second-order valence-electron chi connectivity index (χ2n) is 5.54. The number of aryl methyl sites for hydroxylation is 1. The first-order valence-electron chi connectivity index (χ1n) is 6.67. The molecule has 4 nitrogen and oxygen atoms in total. The highest BCUT2D eigenvalue weighted by Crippen LogP contribution is 2.21. The number of carbonyl (C=O) groups is 1. The normalized spacial score (nSPS) is 14.7. The van der Waals surface area contributed by atoms with Gasteiger partial charge in [0.15, 0.2) is 0 Å². The Kier molecular flexibility index (Phi) is 5.89. The van der Waals surface area contributed by atoms with Crippen LogP contribution in [0.25, 0.3) is 0 Å². The molecule has 0 unspecified atom stereocenters. The topological polar surface area (TPSA) is 55.4 Å². The number of rotatable bonds is 5. The summed E-state index contributed by atoms with van der Waals surface area (Å²) in [6, 6.07) is 6.82. The van der Waals surface area contributed by atoms with Crippen LogP contribution in [0.15, 0.2) is 24.3 Å². The van der Waals surface area contributed by atoms with Gasteiger partial charge in [-0.3, -0.25) is 0 Å². The van der Waals surface area contributed by atoms with Crippen LogP contribution in [-0.2, 0) is 20.5 Å². The summed E-state index contributed by atoms with van der Waals surface area (Å²) in [6.07, 6.45) is 0. The summed E-state index contributed by atoms with van der Waals surface area (Å²) in [5.41, 5.74) is 1.76. The molecule has 0 radical (unpaired) electrons. The number of hydrogen-bond acceptors (Lipinski definition) is 3. The van der Waals surface area contributed by atoms with Crippen molar-refractivity contribution >= 4 is 17.0 Å². The van der Waals surface area contributed by atoms with Crippen LogP contribution in [0.4, 0.5) is 0 Å². The van der Waals surface area contributed by atoms with E-state index in [2.05, 4.69) is 4.72 Å². The molecule has 0 aliphatic heterocycles. The molecule has 20 heavy (non-hydrogen) atoms. The second kappa shape index (κ2) is 6.99. The number of esters is 1. The zero-order chi connectivity index (χ0) is 15.3. The van der Waals surface area contributed by atoms with Crippen molar-refractivity contribution in [2.75, 3.05) is 6.61 Å². The maximum Gasteiger partial charge on any atom is 0.328 e. The molecule has 0 spiro atoms. The molecule has 0 aliphatic rings. The SMILES string of the molecule is CCOC(=O)[C@H](N[S@](=O)C(C)(C)C)c1ccccc1C. The van der Waals surface area contributed by atoms with Crippen molar-refractivity contribution < 1.29 is 13.7 Å². The van der Waals surface area contributed by atoms with E-state index in [4.69, 9.17) is 4.74 Å². The van der Waals surface area contributed by atoms with Gasteiger partial charge in [-0.2, -0.15) is 0 Å². The Morgan fingerprint density at radius 2 is 1.95 bits per heavy atom. The van der Waals surface area contributed by atoms with Crippen LogP contribution >= 0.6 is 0 Å². The maximum absolute atomic E-state index is 12.3. The van der Waals surface area contributed by atoms with E-state index in [0.29, 0.717) is 6.61 Å². The fraction of sp³-hybridized carbons (Fsp3) is 0.533. The van der Waals surface area contributed by atoms with Gasteiger partial charge in [0.25, 0.3) is 0 Å². The minimum Gasteiger partial charge on any atom is -0.465 e. The molecular weight excluding hydrogens is 274 g/mol. The van der Waals surface area contributed by atoms with Crippen molar-refractivity contribution in [2.45, 2.75) is 45.4 Å². The Balaban J connectivity index is 3.07. The van der Waals surface area contributed by atoms with Crippen LogP contribution in [0.3, 0.4) is 0 Å². The quantitative estimate of drug-likeness (QED) is 0.850. The smallest absolute Gasteiger partial charge is 0.328 e. The van der Waals surface area contributed by atoms with E-state index >= 15 is 0 Å². The Bertz CT molecular complexity index is 494. The van der Waals surface area contributed by atoms with Crippen LogP contribution in [0, 0.1) is 6.92 Å². The Morgan fingerprint density at radius 1 is 1.35 bits per heavy atom. The van der Waals surface area contributed by atoms with Crippen molar-refractivity contribution in [3.05, 3.63) is 35.4 Å². The van der Waals surface area contributed by atoms with Crippen molar-refractivity contribution in [1.29, 1.82) is 0 Å². The fourth-order valence-electron chi connectivity index (χ4n) is 1.66. The van der Waals surface area contributed by atoms with E-state index < -0.39 is 27.7 Å². The molecule has 0 amide bonds. The molecule has 0 aromatic heterocycles. The van der Waals surface area contributed by atoms with Crippen molar-refractivity contribution in [3.63, 3.8) is 0 Å². The molecule has 1 aromatic carbocycles. The minimum absolute atomic E-state index is 0.297. The van der Waals surface area contributed by atoms with Crippen molar-refractivity contribution in [2.24, 2.45) is 0 Å². The maximum atomic E-state index is 12.3. The lowest BCUT2D eigenvalue weighted by Crippen LogP contribution is -2.39. The molecule has 0 saturated carbocycles. The molecule has 0 bridgehead atoms. The first-order valence-corrected chi connectivity index (χ1v) is 7.82. The highest BCUT2D eigenvalue weighted by molar-refractivity contribution is 7.84. The first kappa shape index (κ1) is 16.9. The summed E-state index contributed by atoms with van der Waals surface area (Å²) in [4.78, 5) is 12.1. The average molecular weight is 297 g/mol. The number of carbonyl (C=O) groups excluding carboxylic acids is 1. The lowest BCUT2D eigenvalue weighted by Gasteiger charge is -2.24. The van der Waals surface area contributed by atoms with Gasteiger partial charge in [-0.05, 0) is 45.7 Å². The molecule has 112 valence electrons. The van der Waals surface area contributed by atoms with Crippen LogP contribution < -0.4 is 4.72 Å². The van der Waals surface area contributed by atoms with Crippen LogP contribution in [0.2, 0.25) is 0 Å². The number of benzene rings is 1. The molecule has 1 rings (SSSR count). The monoisotopic (exact) mass is 297 g/mol. The third-order valence-electron chi connectivity index (χ3n) is 2.80. The van der Waals surface area contributed by atoms with Gasteiger partial charge in [0.1, 0.15) is 6.04 Å². The van der Waals surface area contributed by atoms with E-state index in [9.17, 15) is 9.00 Å². The summed E-state index contributed by atoms with van der Waals surface area (Å²) < 4.78 is 19.8. The Labute approximate surface area is 123 Å². The van der Waals surface area contributed by atoms with E-state index in [1.807, 2.05) is 52.0 Å². The molecule has 1 N–H and O–H groups in total. The Hall–Kier alpha value is -1.20. The average Bonchev–Trinajstić information content (AvgIpc) is 2.35. The molecule has 0 saturated heterocycles. The van der Waals surface area contributed by atoms with Gasteiger partial charge < -0.3 is 4.74 Å². The van der Waals surface area contributed by atoms with E-state index in [1.54, 1.807) is 6.92 Å². The lowest BCUT2D eigenvalue weighted by molar-refractivity contribution is -0.145. The van der Waals surface area contributed by atoms with Crippen LogP contribution in [0.1, 0.15) is 44.9 Å². The van der Waals surface area contributed by atoms with E-state index in [0.717, 1.165) is 11.1 Å². The molecule has 0 fully saturated rings. The van der Waals surface area contributed by atoms with Crippen LogP contribution in [0.5, 0.6) is 0 Å². The van der Waals surface area contributed by atoms with Crippen LogP contribution in [-0.4, -0.2) is 21.5 Å². The number of ether oxygens (including phenoxy) is 1. The largest absolute Gasteiger partial charge is 0.465 e. The highest BCUT2D eigenvalue weighted by atomic mass is 32.2. The molecule has 5 heteroatoms. The van der Waals surface area contributed by atoms with E-state index in [1.165, 1.54) is 0 Å². The molecule has 0 aliphatic carbocycles.